The molecule has 31 heavy (non-hydrogen) atoms. The van der Waals surface area contributed by atoms with Crippen LogP contribution in [0, 0.1) is 5.82 Å². The van der Waals surface area contributed by atoms with Crippen molar-refractivity contribution in [3.05, 3.63) is 84.2 Å². The van der Waals surface area contributed by atoms with Gasteiger partial charge in [-0.05, 0) is 60.7 Å². The number of nitrogens with one attached hydrogen (secondary N) is 2. The standard InChI is InChI=1S/C19H14F4N2O4S2/c20-13-5-11-16(12-6-13)30(26,27)24-14-7-9-15(10-8-14)25-31(28,29)18-4-2-1-3-17(18)19(21,22)23/h1-12,24-25H. The lowest BCUT2D eigenvalue weighted by Gasteiger charge is -2.14. The van der Waals surface area contributed by atoms with Crippen molar-refractivity contribution in [3.8, 4) is 0 Å². The quantitative estimate of drug-likeness (QED) is 0.517. The van der Waals surface area contributed by atoms with E-state index in [1.165, 1.54) is 24.3 Å². The molecule has 3 aromatic carbocycles. The number of sulfonamides is 2. The fraction of sp³-hybridized carbons (Fsp3) is 0.0526. The van der Waals surface area contributed by atoms with Crippen molar-refractivity contribution in [1.29, 1.82) is 0 Å². The van der Waals surface area contributed by atoms with E-state index in [0.717, 1.165) is 42.5 Å². The first-order chi connectivity index (χ1) is 14.4. The van der Waals surface area contributed by atoms with Gasteiger partial charge in [0, 0.05) is 11.4 Å². The van der Waals surface area contributed by atoms with Gasteiger partial charge in [0.15, 0.2) is 0 Å². The third-order valence-corrected chi connectivity index (χ3v) is 6.83. The average molecular weight is 474 g/mol. The lowest BCUT2D eigenvalue weighted by atomic mass is 10.2. The van der Waals surface area contributed by atoms with Crippen molar-refractivity contribution < 1.29 is 34.4 Å². The number of benzene rings is 3. The molecule has 0 aliphatic heterocycles. The summed E-state index contributed by atoms with van der Waals surface area (Å²) in [5.41, 5.74) is -1.34. The first kappa shape index (κ1) is 22.6. The Morgan fingerprint density at radius 2 is 1.13 bits per heavy atom. The molecule has 0 radical (unpaired) electrons. The summed E-state index contributed by atoms with van der Waals surface area (Å²) in [6.07, 6.45) is -4.87. The maximum Gasteiger partial charge on any atom is 0.417 e. The number of hydrogen-bond donors (Lipinski definition) is 2. The number of halogens is 4. The highest BCUT2D eigenvalue weighted by molar-refractivity contribution is 7.93. The van der Waals surface area contributed by atoms with Gasteiger partial charge in [-0.1, -0.05) is 12.1 Å². The van der Waals surface area contributed by atoms with E-state index in [1.54, 1.807) is 0 Å². The molecular weight excluding hydrogens is 460 g/mol. The Morgan fingerprint density at radius 3 is 1.65 bits per heavy atom. The maximum atomic E-state index is 13.1. The van der Waals surface area contributed by atoms with Gasteiger partial charge in [-0.15, -0.1) is 0 Å². The zero-order chi connectivity index (χ0) is 22.9. The molecule has 164 valence electrons. The molecule has 0 fully saturated rings. The van der Waals surface area contributed by atoms with Gasteiger partial charge in [0.1, 0.15) is 5.82 Å². The predicted octanol–water partition coefficient (Wildman–Crippen LogP) is 4.45. The summed E-state index contributed by atoms with van der Waals surface area (Å²) >= 11 is 0. The predicted molar refractivity (Wildman–Crippen MR) is 106 cm³/mol. The molecule has 0 aliphatic rings. The third kappa shape index (κ3) is 5.33. The highest BCUT2D eigenvalue weighted by Gasteiger charge is 2.36. The topological polar surface area (TPSA) is 92.3 Å². The summed E-state index contributed by atoms with van der Waals surface area (Å²) < 4.78 is 106. The Bertz CT molecular complexity index is 1290. The van der Waals surface area contributed by atoms with E-state index in [9.17, 15) is 34.4 Å². The molecule has 6 nitrogen and oxygen atoms in total. The van der Waals surface area contributed by atoms with E-state index < -0.39 is 42.5 Å². The minimum atomic E-state index is -4.87. The van der Waals surface area contributed by atoms with Crippen LogP contribution in [0.3, 0.4) is 0 Å². The highest BCUT2D eigenvalue weighted by Crippen LogP contribution is 2.34. The van der Waals surface area contributed by atoms with Gasteiger partial charge < -0.3 is 0 Å². The summed E-state index contributed by atoms with van der Waals surface area (Å²) in [6, 6.07) is 12.6. The lowest BCUT2D eigenvalue weighted by molar-refractivity contribution is -0.139. The van der Waals surface area contributed by atoms with Crippen LogP contribution in [-0.2, 0) is 26.2 Å². The maximum absolute atomic E-state index is 13.1. The van der Waals surface area contributed by atoms with Crippen LogP contribution in [0.4, 0.5) is 28.9 Å². The molecule has 0 unspecified atom stereocenters. The largest absolute Gasteiger partial charge is 0.417 e. The van der Waals surface area contributed by atoms with Crippen molar-refractivity contribution in [3.63, 3.8) is 0 Å². The second-order valence-electron chi connectivity index (χ2n) is 6.24. The van der Waals surface area contributed by atoms with Gasteiger partial charge in [0.2, 0.25) is 0 Å². The summed E-state index contributed by atoms with van der Waals surface area (Å²) in [7, 11) is -8.59. The van der Waals surface area contributed by atoms with Gasteiger partial charge in [-0.3, -0.25) is 9.44 Å². The number of alkyl halides is 3. The van der Waals surface area contributed by atoms with Crippen LogP contribution in [0.5, 0.6) is 0 Å². The van der Waals surface area contributed by atoms with Crippen LogP contribution in [0.25, 0.3) is 0 Å². The zero-order valence-corrected chi connectivity index (χ0v) is 17.0. The minimum Gasteiger partial charge on any atom is -0.280 e. The molecule has 2 N–H and O–H groups in total. The van der Waals surface area contributed by atoms with E-state index in [4.69, 9.17) is 0 Å². The molecule has 3 aromatic rings. The lowest BCUT2D eigenvalue weighted by Crippen LogP contribution is -2.19. The zero-order valence-electron chi connectivity index (χ0n) is 15.4. The van der Waals surface area contributed by atoms with Gasteiger partial charge in [-0.2, -0.15) is 13.2 Å². The fourth-order valence-electron chi connectivity index (χ4n) is 2.58. The summed E-state index contributed by atoms with van der Waals surface area (Å²) in [4.78, 5) is -1.13. The van der Waals surface area contributed by atoms with Crippen LogP contribution in [-0.4, -0.2) is 16.8 Å². The highest BCUT2D eigenvalue weighted by atomic mass is 32.2. The smallest absolute Gasteiger partial charge is 0.280 e. The molecule has 0 bridgehead atoms. The second kappa shape index (κ2) is 8.19. The Hall–Kier alpha value is -3.12. The van der Waals surface area contributed by atoms with E-state index >= 15 is 0 Å². The van der Waals surface area contributed by atoms with Crippen LogP contribution in [0.2, 0.25) is 0 Å². The Kier molecular flexibility index (Phi) is 5.96. The first-order valence-corrected chi connectivity index (χ1v) is 11.4. The van der Waals surface area contributed by atoms with Crippen molar-refractivity contribution in [2.24, 2.45) is 0 Å². The van der Waals surface area contributed by atoms with Gasteiger partial charge >= 0.3 is 6.18 Å². The summed E-state index contributed by atoms with van der Waals surface area (Å²) in [6.45, 7) is 0. The molecular formula is C19H14F4N2O4S2. The van der Waals surface area contributed by atoms with E-state index in [2.05, 4.69) is 4.72 Å². The molecule has 0 spiro atoms. The van der Waals surface area contributed by atoms with Crippen LogP contribution in [0.1, 0.15) is 5.56 Å². The SMILES string of the molecule is O=S(=O)(Nc1ccc(NS(=O)(=O)c2ccccc2C(F)(F)F)cc1)c1ccc(F)cc1. The van der Waals surface area contributed by atoms with Crippen molar-refractivity contribution in [2.75, 3.05) is 9.44 Å². The molecule has 3 rings (SSSR count). The third-order valence-electron chi connectivity index (χ3n) is 4.00. The molecule has 0 aromatic heterocycles. The summed E-state index contributed by atoms with van der Waals surface area (Å²) in [5, 5.41) is 0. The molecule has 0 saturated carbocycles. The minimum absolute atomic E-state index is 0.0583. The van der Waals surface area contributed by atoms with Crippen LogP contribution >= 0.6 is 0 Å². The summed E-state index contributed by atoms with van der Waals surface area (Å²) in [5.74, 6) is -0.609. The molecule has 12 heteroatoms. The molecule has 0 atom stereocenters. The average Bonchev–Trinajstić information content (AvgIpc) is 2.69. The Labute approximate surface area is 175 Å². The van der Waals surface area contributed by atoms with E-state index in [-0.39, 0.29) is 16.3 Å². The second-order valence-corrected chi connectivity index (χ2v) is 9.57. The van der Waals surface area contributed by atoms with Crippen molar-refractivity contribution in [1.82, 2.24) is 0 Å². The Morgan fingerprint density at radius 1 is 0.645 bits per heavy atom. The molecule has 0 heterocycles. The van der Waals surface area contributed by atoms with Crippen molar-refractivity contribution >= 4 is 31.4 Å². The number of hydrogen-bond acceptors (Lipinski definition) is 4. The fourth-order valence-corrected chi connectivity index (χ4v) is 4.93. The Balaban J connectivity index is 1.80. The van der Waals surface area contributed by atoms with Gasteiger partial charge in [-0.25, -0.2) is 21.2 Å². The molecule has 0 amide bonds. The number of rotatable bonds is 6. The number of anilines is 2. The van der Waals surface area contributed by atoms with E-state index in [0.29, 0.717) is 6.07 Å². The normalized spacial score (nSPS) is 12.4. The monoisotopic (exact) mass is 474 g/mol. The van der Waals surface area contributed by atoms with Gasteiger partial charge in [0.05, 0.1) is 15.4 Å². The van der Waals surface area contributed by atoms with Gasteiger partial charge in [0.25, 0.3) is 20.0 Å². The first-order valence-electron chi connectivity index (χ1n) is 8.46. The van der Waals surface area contributed by atoms with Crippen molar-refractivity contribution in [2.45, 2.75) is 16.0 Å². The van der Waals surface area contributed by atoms with E-state index in [1.807, 2.05) is 4.72 Å². The molecule has 0 saturated heterocycles. The van der Waals surface area contributed by atoms with Crippen LogP contribution < -0.4 is 9.44 Å². The van der Waals surface area contributed by atoms with Crippen LogP contribution in [0.15, 0.2) is 82.6 Å². The molecule has 0 aliphatic carbocycles.